The molecule has 0 bridgehead atoms. The van der Waals surface area contributed by atoms with Gasteiger partial charge in [-0.05, 0) is 43.2 Å². The first kappa shape index (κ1) is 30.1. The van der Waals surface area contributed by atoms with Crippen molar-refractivity contribution in [3.8, 4) is 0 Å². The van der Waals surface area contributed by atoms with Crippen LogP contribution in [0.4, 0.5) is 21.0 Å². The van der Waals surface area contributed by atoms with Gasteiger partial charge in [0.2, 0.25) is 10.0 Å². The molecule has 2 amide bonds. The number of carbonyl (C=O) groups is 2. The topological polar surface area (TPSA) is 222 Å². The molecule has 2 aliphatic rings. The minimum absolute atomic E-state index is 0.0313. The second-order valence-electron chi connectivity index (χ2n) is 10.3. The maximum absolute atomic E-state index is 11.3. The molecule has 2 aliphatic heterocycles. The molecule has 2 fully saturated rings. The molecule has 0 radical (unpaired) electrons. The second-order valence-corrected chi connectivity index (χ2v) is 11.9. The molecule has 15 heteroatoms. The zero-order valence-electron chi connectivity index (χ0n) is 21.2. The van der Waals surface area contributed by atoms with E-state index in [1.807, 2.05) is 0 Å². The first-order valence-corrected chi connectivity index (χ1v) is 13.4. The highest BCUT2D eigenvalue weighted by atomic mass is 32.2. The summed E-state index contributed by atoms with van der Waals surface area (Å²) >= 11 is 0. The summed E-state index contributed by atoms with van der Waals surface area (Å²) in [6.07, 6.45) is 0.735. The SMILES string of the molecule is CC(C)(C)C1CC(N)CCN1C(=O)O.NS(=O)(=O)c1ccc(NC2CCN(C(=O)O)CC2)c([N+](=O)[O-])c1. The van der Waals surface area contributed by atoms with Crippen molar-refractivity contribution in [1.82, 2.24) is 9.80 Å². The molecule has 2 saturated heterocycles. The van der Waals surface area contributed by atoms with Crippen molar-refractivity contribution in [2.75, 3.05) is 25.0 Å². The van der Waals surface area contributed by atoms with Crippen molar-refractivity contribution in [1.29, 1.82) is 0 Å². The number of primary sulfonamides is 1. The van der Waals surface area contributed by atoms with Crippen LogP contribution in [0.3, 0.4) is 0 Å². The third-order valence-corrected chi connectivity index (χ3v) is 7.42. The molecule has 2 unspecified atom stereocenters. The number of nitro benzene ring substituents is 1. The lowest BCUT2D eigenvalue weighted by Crippen LogP contribution is -2.54. The van der Waals surface area contributed by atoms with Gasteiger partial charge in [0.1, 0.15) is 5.69 Å². The van der Waals surface area contributed by atoms with E-state index in [2.05, 4.69) is 26.1 Å². The van der Waals surface area contributed by atoms with Crippen LogP contribution in [-0.4, -0.2) is 83.3 Å². The number of amides is 2. The number of nitro groups is 1. The molecule has 1 aromatic rings. The van der Waals surface area contributed by atoms with Gasteiger partial charge < -0.3 is 31.1 Å². The third-order valence-electron chi connectivity index (χ3n) is 6.51. The number of sulfonamides is 1. The summed E-state index contributed by atoms with van der Waals surface area (Å²) in [6.45, 7) is 7.41. The van der Waals surface area contributed by atoms with Gasteiger partial charge in [0, 0.05) is 43.8 Å². The lowest BCUT2D eigenvalue weighted by Gasteiger charge is -2.43. The summed E-state index contributed by atoms with van der Waals surface area (Å²) in [5, 5.41) is 37.0. The number of nitrogens with two attached hydrogens (primary N) is 2. The predicted molar refractivity (Wildman–Crippen MR) is 136 cm³/mol. The molecule has 37 heavy (non-hydrogen) atoms. The van der Waals surface area contributed by atoms with E-state index in [0.717, 1.165) is 18.9 Å². The molecule has 0 spiro atoms. The van der Waals surface area contributed by atoms with Gasteiger partial charge in [-0.25, -0.2) is 23.1 Å². The van der Waals surface area contributed by atoms with Crippen LogP contribution >= 0.6 is 0 Å². The molecular weight excluding hydrogens is 508 g/mol. The van der Waals surface area contributed by atoms with Crippen molar-refractivity contribution in [3.63, 3.8) is 0 Å². The summed E-state index contributed by atoms with van der Waals surface area (Å²) < 4.78 is 22.6. The van der Waals surface area contributed by atoms with Gasteiger partial charge in [-0.15, -0.1) is 0 Å². The van der Waals surface area contributed by atoms with Crippen LogP contribution in [0.15, 0.2) is 23.1 Å². The number of hydrogen-bond acceptors (Lipinski definition) is 8. The number of rotatable bonds is 4. The van der Waals surface area contributed by atoms with E-state index < -0.39 is 32.8 Å². The van der Waals surface area contributed by atoms with E-state index in [1.165, 1.54) is 21.9 Å². The van der Waals surface area contributed by atoms with Crippen LogP contribution in [0.1, 0.15) is 46.5 Å². The van der Waals surface area contributed by atoms with Crippen molar-refractivity contribution in [2.45, 2.75) is 69.5 Å². The molecule has 0 saturated carbocycles. The Hall–Kier alpha value is -3.17. The largest absolute Gasteiger partial charge is 0.465 e. The number of carboxylic acid groups (broad SMARTS) is 2. The predicted octanol–water partition coefficient (Wildman–Crippen LogP) is 2.30. The highest BCUT2D eigenvalue weighted by Gasteiger charge is 2.37. The van der Waals surface area contributed by atoms with Gasteiger partial charge in [0.05, 0.1) is 9.82 Å². The van der Waals surface area contributed by atoms with Crippen LogP contribution in [0.5, 0.6) is 0 Å². The fraction of sp³-hybridized carbons (Fsp3) is 0.636. The van der Waals surface area contributed by atoms with E-state index in [4.69, 9.17) is 21.1 Å². The van der Waals surface area contributed by atoms with E-state index in [9.17, 15) is 28.1 Å². The Balaban J connectivity index is 0.000000294. The number of hydrogen-bond donors (Lipinski definition) is 5. The van der Waals surface area contributed by atoms with E-state index in [0.29, 0.717) is 32.5 Å². The van der Waals surface area contributed by atoms with Gasteiger partial charge in [0.15, 0.2) is 0 Å². The Kier molecular flexibility index (Phi) is 9.68. The van der Waals surface area contributed by atoms with Crippen molar-refractivity contribution in [3.05, 3.63) is 28.3 Å². The minimum atomic E-state index is -4.03. The fourth-order valence-electron chi connectivity index (χ4n) is 4.44. The van der Waals surface area contributed by atoms with Gasteiger partial charge in [-0.3, -0.25) is 10.1 Å². The Morgan fingerprint density at radius 3 is 2.16 bits per heavy atom. The smallest absolute Gasteiger partial charge is 0.407 e. The average molecular weight is 545 g/mol. The molecule has 1 aromatic carbocycles. The highest BCUT2D eigenvalue weighted by Crippen LogP contribution is 2.31. The lowest BCUT2D eigenvalue weighted by molar-refractivity contribution is -0.384. The number of anilines is 1. The molecule has 14 nitrogen and oxygen atoms in total. The Bertz CT molecular complexity index is 1100. The Morgan fingerprint density at radius 2 is 1.70 bits per heavy atom. The average Bonchev–Trinajstić information content (AvgIpc) is 2.78. The standard InChI is InChI=1S/C12H16N4O6S.C10H20N2O2/c13-23(21,22)9-1-2-10(11(7-9)16(19)20)14-8-3-5-15(6-4-8)12(17)18;1-10(2,3)8-6-7(11)4-5-12(8)9(13)14/h1-2,7-8,14H,3-6H2,(H,17,18)(H2,13,21,22);7-8H,4-6,11H2,1-3H3,(H,13,14). The van der Waals surface area contributed by atoms with E-state index in [-0.39, 0.29) is 34.1 Å². The summed E-state index contributed by atoms with van der Waals surface area (Å²) in [4.78, 5) is 34.7. The molecule has 208 valence electrons. The zero-order chi connectivity index (χ0) is 28.1. The first-order chi connectivity index (χ1) is 17.0. The summed E-state index contributed by atoms with van der Waals surface area (Å²) in [7, 11) is -4.03. The van der Waals surface area contributed by atoms with Gasteiger partial charge in [-0.1, -0.05) is 20.8 Å². The van der Waals surface area contributed by atoms with Crippen LogP contribution in [0.25, 0.3) is 0 Å². The molecular formula is C22H36N6O8S. The quantitative estimate of drug-likeness (QED) is 0.275. The van der Waals surface area contributed by atoms with Gasteiger partial charge in [0.25, 0.3) is 5.69 Å². The van der Waals surface area contributed by atoms with Gasteiger partial charge >= 0.3 is 12.2 Å². The molecule has 3 rings (SSSR count). The summed E-state index contributed by atoms with van der Waals surface area (Å²) in [5.74, 6) is 0. The molecule has 7 N–H and O–H groups in total. The highest BCUT2D eigenvalue weighted by molar-refractivity contribution is 7.89. The number of nitrogens with zero attached hydrogens (tertiary/aromatic N) is 3. The van der Waals surface area contributed by atoms with Crippen molar-refractivity contribution >= 4 is 33.6 Å². The van der Waals surface area contributed by atoms with Crippen LogP contribution < -0.4 is 16.2 Å². The maximum atomic E-state index is 11.3. The zero-order valence-corrected chi connectivity index (χ0v) is 22.0. The second kappa shape index (κ2) is 11.9. The summed E-state index contributed by atoms with van der Waals surface area (Å²) in [5.41, 5.74) is 5.62. The third kappa shape index (κ3) is 8.43. The number of benzene rings is 1. The van der Waals surface area contributed by atoms with Crippen LogP contribution in [0, 0.1) is 15.5 Å². The number of likely N-dealkylation sites (tertiary alicyclic amines) is 2. The van der Waals surface area contributed by atoms with Crippen LogP contribution in [0.2, 0.25) is 0 Å². The Labute approximate surface area is 215 Å². The normalized spacial score (nSPS) is 21.0. The first-order valence-electron chi connectivity index (χ1n) is 11.8. The minimum Gasteiger partial charge on any atom is -0.465 e. The maximum Gasteiger partial charge on any atom is 0.407 e. The monoisotopic (exact) mass is 544 g/mol. The van der Waals surface area contributed by atoms with Crippen LogP contribution in [-0.2, 0) is 10.0 Å². The number of nitrogens with one attached hydrogen (secondary N) is 1. The molecule has 2 heterocycles. The number of piperidine rings is 2. The molecule has 0 aromatic heterocycles. The lowest BCUT2D eigenvalue weighted by atomic mass is 9.79. The molecule has 2 atom stereocenters. The van der Waals surface area contributed by atoms with E-state index in [1.54, 1.807) is 0 Å². The van der Waals surface area contributed by atoms with Crippen molar-refractivity contribution < 1.29 is 33.1 Å². The summed E-state index contributed by atoms with van der Waals surface area (Å²) in [6, 6.07) is 3.45. The van der Waals surface area contributed by atoms with Crippen molar-refractivity contribution in [2.24, 2.45) is 16.3 Å². The van der Waals surface area contributed by atoms with E-state index >= 15 is 0 Å². The molecule has 0 aliphatic carbocycles. The Morgan fingerprint density at radius 1 is 1.11 bits per heavy atom. The fourth-order valence-corrected chi connectivity index (χ4v) is 4.97. The van der Waals surface area contributed by atoms with Gasteiger partial charge in [-0.2, -0.15) is 0 Å².